The lowest BCUT2D eigenvalue weighted by molar-refractivity contribution is -0.120. The number of halogens is 2. The van der Waals surface area contributed by atoms with E-state index in [0.717, 1.165) is 11.6 Å². The largest absolute Gasteiger partial charge is 0.396 e. The van der Waals surface area contributed by atoms with Gasteiger partial charge in [-0.1, -0.05) is 12.1 Å². The third-order valence-electron chi connectivity index (χ3n) is 5.04. The predicted molar refractivity (Wildman–Crippen MR) is 114 cm³/mol. The molecule has 0 bridgehead atoms. The number of anilines is 1. The molecule has 32 heavy (non-hydrogen) atoms. The lowest BCUT2D eigenvalue weighted by Crippen LogP contribution is -2.25. The highest BCUT2D eigenvalue weighted by Crippen LogP contribution is 2.33. The first-order valence-corrected chi connectivity index (χ1v) is 10.0. The number of amides is 1. The van der Waals surface area contributed by atoms with E-state index in [9.17, 15) is 23.8 Å². The van der Waals surface area contributed by atoms with Crippen LogP contribution in [-0.4, -0.2) is 44.0 Å². The highest BCUT2D eigenvalue weighted by molar-refractivity contribution is 5.74. The van der Waals surface area contributed by atoms with Crippen LogP contribution in [0.1, 0.15) is 23.7 Å². The molecule has 2 aromatic heterocycles. The monoisotopic (exact) mass is 445 g/mol. The van der Waals surface area contributed by atoms with Gasteiger partial charge in [0.15, 0.2) is 0 Å². The van der Waals surface area contributed by atoms with Gasteiger partial charge < -0.3 is 21.3 Å². The molecule has 0 aliphatic heterocycles. The number of hydrogen-bond donors (Lipinski definition) is 4. The van der Waals surface area contributed by atoms with Crippen molar-refractivity contribution < 1.29 is 23.8 Å². The Kier molecular flexibility index (Phi) is 7.49. The smallest absolute Gasteiger partial charge is 0.217 e. The van der Waals surface area contributed by atoms with Gasteiger partial charge in [-0.3, -0.25) is 9.48 Å². The summed E-state index contributed by atoms with van der Waals surface area (Å²) in [5.41, 5.74) is 6.50. The molecule has 3 aromatic rings. The van der Waals surface area contributed by atoms with E-state index in [1.54, 1.807) is 25.4 Å². The van der Waals surface area contributed by atoms with Crippen molar-refractivity contribution in [3.63, 3.8) is 0 Å². The summed E-state index contributed by atoms with van der Waals surface area (Å²) in [6, 6.07) is 7.25. The van der Waals surface area contributed by atoms with E-state index in [0.29, 0.717) is 18.5 Å². The molecule has 170 valence electrons. The van der Waals surface area contributed by atoms with Gasteiger partial charge in [-0.2, -0.15) is 5.10 Å². The number of primary amides is 1. The van der Waals surface area contributed by atoms with Crippen LogP contribution in [0, 0.1) is 17.6 Å². The van der Waals surface area contributed by atoms with E-state index in [-0.39, 0.29) is 29.3 Å². The lowest BCUT2D eigenvalue weighted by Gasteiger charge is -2.23. The van der Waals surface area contributed by atoms with Crippen LogP contribution in [0.25, 0.3) is 11.3 Å². The van der Waals surface area contributed by atoms with Crippen molar-refractivity contribution in [1.82, 2.24) is 14.8 Å². The zero-order valence-electron chi connectivity index (χ0n) is 17.5. The summed E-state index contributed by atoms with van der Waals surface area (Å²) < 4.78 is 29.8. The van der Waals surface area contributed by atoms with Crippen molar-refractivity contribution in [3.8, 4) is 11.3 Å². The molecule has 0 fully saturated rings. The van der Waals surface area contributed by atoms with Crippen molar-refractivity contribution >= 4 is 11.7 Å². The number of benzene rings is 1. The number of aliphatic hydroxyl groups is 2. The molecule has 2 atom stereocenters. The maximum Gasteiger partial charge on any atom is 0.217 e. The highest BCUT2D eigenvalue weighted by Gasteiger charge is 2.27. The average molecular weight is 445 g/mol. The van der Waals surface area contributed by atoms with Crippen LogP contribution in [-0.2, 0) is 18.3 Å². The first-order chi connectivity index (χ1) is 15.3. The number of hydrogen-bond acceptors (Lipinski definition) is 6. The minimum Gasteiger partial charge on any atom is -0.396 e. The Balaban J connectivity index is 1.93. The molecule has 1 amide bonds. The molecular formula is C22H25F2N5O3. The Hall–Kier alpha value is -3.37. The summed E-state index contributed by atoms with van der Waals surface area (Å²) in [7, 11) is 1.69. The minimum absolute atomic E-state index is 0.0257. The maximum atomic E-state index is 14.9. The van der Waals surface area contributed by atoms with Crippen molar-refractivity contribution in [2.24, 2.45) is 18.7 Å². The number of aromatic nitrogens is 3. The summed E-state index contributed by atoms with van der Waals surface area (Å²) >= 11 is 0. The Labute approximate surface area is 183 Å². The molecule has 0 saturated carbocycles. The molecule has 8 nitrogen and oxygen atoms in total. The van der Waals surface area contributed by atoms with E-state index in [4.69, 9.17) is 5.73 Å². The molecule has 1 aromatic carbocycles. The fourth-order valence-electron chi connectivity index (χ4n) is 3.42. The molecule has 0 aliphatic carbocycles. The highest BCUT2D eigenvalue weighted by atomic mass is 19.1. The van der Waals surface area contributed by atoms with Gasteiger partial charge in [0.05, 0.1) is 12.3 Å². The molecule has 5 N–H and O–H groups in total. The van der Waals surface area contributed by atoms with Gasteiger partial charge in [0, 0.05) is 49.9 Å². The second kappa shape index (κ2) is 10.3. The van der Waals surface area contributed by atoms with E-state index in [1.807, 2.05) is 0 Å². The molecule has 0 aliphatic rings. The van der Waals surface area contributed by atoms with Crippen LogP contribution in [0.4, 0.5) is 14.6 Å². The normalized spacial score (nSPS) is 13.0. The van der Waals surface area contributed by atoms with Crippen molar-refractivity contribution in [1.29, 1.82) is 0 Å². The quantitative estimate of drug-likeness (QED) is 0.378. The van der Waals surface area contributed by atoms with Crippen LogP contribution in [0.5, 0.6) is 0 Å². The molecule has 0 spiro atoms. The summed E-state index contributed by atoms with van der Waals surface area (Å²) in [6.45, 7) is -0.216. The fraction of sp³-hybridized carbons (Fsp3) is 0.318. The molecule has 0 saturated heterocycles. The van der Waals surface area contributed by atoms with Crippen LogP contribution in [0.15, 0.2) is 42.7 Å². The minimum atomic E-state index is -1.39. The number of pyridine rings is 1. The number of rotatable bonds is 10. The van der Waals surface area contributed by atoms with E-state index in [2.05, 4.69) is 15.4 Å². The van der Waals surface area contributed by atoms with Crippen molar-refractivity contribution in [2.45, 2.75) is 18.9 Å². The number of nitrogens with two attached hydrogens (primary N) is 1. The number of carbonyl (C=O) groups excluding carboxylic acids is 1. The number of aryl methyl sites for hydroxylation is 1. The van der Waals surface area contributed by atoms with Gasteiger partial charge in [0.2, 0.25) is 5.91 Å². The number of carbonyl (C=O) groups is 1. The third-order valence-corrected chi connectivity index (χ3v) is 5.04. The molecule has 10 heteroatoms. The van der Waals surface area contributed by atoms with Gasteiger partial charge in [-0.05, 0) is 30.2 Å². The van der Waals surface area contributed by atoms with Gasteiger partial charge in [-0.25, -0.2) is 13.8 Å². The first kappa shape index (κ1) is 23.3. The summed E-state index contributed by atoms with van der Waals surface area (Å²) in [4.78, 5) is 15.7. The van der Waals surface area contributed by atoms with Crippen LogP contribution in [0.3, 0.4) is 0 Å². The molecular weight excluding hydrogens is 420 g/mol. The SMILES string of the molecule is Cn1cc(-c2nc(NCCc3cccc(F)c3)c(C(O)C(CO)CC(N)=O)cc2F)cn1. The lowest BCUT2D eigenvalue weighted by atomic mass is 9.93. The number of nitrogens with zero attached hydrogens (tertiary/aromatic N) is 3. The third kappa shape index (κ3) is 5.65. The van der Waals surface area contributed by atoms with Crippen molar-refractivity contribution in [3.05, 3.63) is 65.5 Å². The number of aliphatic hydroxyl groups excluding tert-OH is 2. The van der Waals surface area contributed by atoms with Gasteiger partial charge in [0.25, 0.3) is 0 Å². The predicted octanol–water partition coefficient (Wildman–Crippen LogP) is 1.93. The second-order valence-corrected chi connectivity index (χ2v) is 7.52. The topological polar surface area (TPSA) is 126 Å². The Morgan fingerprint density at radius 2 is 2.09 bits per heavy atom. The van der Waals surface area contributed by atoms with Crippen LogP contribution >= 0.6 is 0 Å². The van der Waals surface area contributed by atoms with Gasteiger partial charge >= 0.3 is 0 Å². The maximum absolute atomic E-state index is 14.9. The first-order valence-electron chi connectivity index (χ1n) is 10.0. The molecule has 3 rings (SSSR count). The van der Waals surface area contributed by atoms with Gasteiger partial charge in [-0.15, -0.1) is 0 Å². The zero-order valence-corrected chi connectivity index (χ0v) is 17.5. The van der Waals surface area contributed by atoms with Gasteiger partial charge in [0.1, 0.15) is 23.1 Å². The summed E-state index contributed by atoms with van der Waals surface area (Å²) in [5.74, 6) is -2.50. The van der Waals surface area contributed by atoms with Crippen LogP contribution < -0.4 is 11.1 Å². The Morgan fingerprint density at radius 1 is 1.31 bits per heavy atom. The zero-order chi connectivity index (χ0) is 23.3. The number of nitrogens with one attached hydrogen (secondary N) is 1. The molecule has 0 radical (unpaired) electrons. The summed E-state index contributed by atoms with van der Waals surface area (Å²) in [5, 5.41) is 27.5. The Morgan fingerprint density at radius 3 is 2.72 bits per heavy atom. The Bertz CT molecular complexity index is 1090. The van der Waals surface area contributed by atoms with E-state index in [1.165, 1.54) is 23.0 Å². The summed E-state index contributed by atoms with van der Waals surface area (Å²) in [6.07, 6.45) is 1.82. The van der Waals surface area contributed by atoms with Crippen LogP contribution in [0.2, 0.25) is 0 Å². The van der Waals surface area contributed by atoms with E-state index >= 15 is 0 Å². The fourth-order valence-corrected chi connectivity index (χ4v) is 3.42. The molecule has 2 heterocycles. The average Bonchev–Trinajstić information content (AvgIpc) is 3.18. The van der Waals surface area contributed by atoms with Crippen molar-refractivity contribution in [2.75, 3.05) is 18.5 Å². The second-order valence-electron chi connectivity index (χ2n) is 7.52. The van der Waals surface area contributed by atoms with E-state index < -0.39 is 30.4 Å². The molecule has 2 unspecified atom stereocenters. The standard InChI is InChI=1S/C22H25F2N5O3/c1-29-11-15(10-27-29)20-18(24)9-17(21(32)14(12-30)8-19(25)31)22(28-20)26-6-5-13-3-2-4-16(23)7-13/h2-4,7,9-11,14,21,30,32H,5-6,8,12H2,1H3,(H2,25,31)(H,26,28).